The Hall–Kier alpha value is -2.88. The lowest BCUT2D eigenvalue weighted by Gasteiger charge is -2.34. The van der Waals surface area contributed by atoms with E-state index in [0.717, 1.165) is 23.2 Å². The van der Waals surface area contributed by atoms with Crippen LogP contribution in [-0.2, 0) is 16.0 Å². The number of anilines is 1. The van der Waals surface area contributed by atoms with Gasteiger partial charge < -0.3 is 9.80 Å². The molecule has 0 N–H and O–H groups in total. The minimum Gasteiger partial charge on any atom is -0.311 e. The molecule has 2 aromatic carbocycles. The van der Waals surface area contributed by atoms with Gasteiger partial charge in [0.25, 0.3) is 0 Å². The number of rotatable bonds is 2. The number of nitrogens with zero attached hydrogens (tertiary/aromatic N) is 2. The average Bonchev–Trinajstić information content (AvgIpc) is 2.97. The second kappa shape index (κ2) is 6.45. The normalized spacial score (nSPS) is 20.7. The number of fused-ring (bicyclic) bond motifs is 2. The maximum atomic E-state index is 13.2. The van der Waals surface area contributed by atoms with Gasteiger partial charge in [0, 0.05) is 24.9 Å². The van der Waals surface area contributed by atoms with Gasteiger partial charge in [-0.15, -0.1) is 0 Å². The third-order valence-electron chi connectivity index (χ3n) is 5.31. The van der Waals surface area contributed by atoms with E-state index in [9.17, 15) is 9.59 Å². The van der Waals surface area contributed by atoms with Gasteiger partial charge in [-0.2, -0.15) is 0 Å². The average molecular weight is 346 g/mol. The predicted molar refractivity (Wildman–Crippen MR) is 102 cm³/mol. The number of carbonyl (C=O) groups is 2. The summed E-state index contributed by atoms with van der Waals surface area (Å²) in [4.78, 5) is 28.9. The van der Waals surface area contributed by atoms with E-state index in [0.29, 0.717) is 0 Å². The molecular formula is C22H22N2O2. The van der Waals surface area contributed by atoms with Crippen molar-refractivity contribution in [3.63, 3.8) is 0 Å². The first-order valence-electron chi connectivity index (χ1n) is 9.02. The Kier molecular flexibility index (Phi) is 4.11. The smallest absolute Gasteiger partial charge is 0.229 e. The number of hydrogen-bond donors (Lipinski definition) is 0. The summed E-state index contributed by atoms with van der Waals surface area (Å²) in [6.07, 6.45) is 4.88. The van der Waals surface area contributed by atoms with E-state index < -0.39 is 0 Å². The molecule has 4 heteroatoms. The van der Waals surface area contributed by atoms with Gasteiger partial charge in [0.15, 0.2) is 0 Å². The molecule has 0 aliphatic carbocycles. The molecule has 2 aliphatic rings. The Morgan fingerprint density at radius 1 is 1.08 bits per heavy atom. The van der Waals surface area contributed by atoms with E-state index in [1.165, 1.54) is 5.56 Å². The van der Waals surface area contributed by atoms with Crippen LogP contribution >= 0.6 is 0 Å². The highest BCUT2D eigenvalue weighted by Crippen LogP contribution is 2.37. The molecule has 132 valence electrons. The fourth-order valence-corrected chi connectivity index (χ4v) is 4.12. The topological polar surface area (TPSA) is 40.6 Å². The highest BCUT2D eigenvalue weighted by atomic mass is 16.2. The molecule has 0 aromatic heterocycles. The van der Waals surface area contributed by atoms with Crippen LogP contribution in [0.15, 0.2) is 54.7 Å². The highest BCUT2D eigenvalue weighted by Gasteiger charge is 2.35. The number of carbonyl (C=O) groups excluding carboxylic acids is 2. The fourth-order valence-electron chi connectivity index (χ4n) is 4.12. The van der Waals surface area contributed by atoms with Crippen LogP contribution in [0, 0.1) is 0 Å². The molecule has 0 spiro atoms. The molecule has 0 saturated heterocycles. The quantitative estimate of drug-likeness (QED) is 0.827. The third-order valence-corrected chi connectivity index (χ3v) is 5.31. The van der Waals surface area contributed by atoms with Crippen molar-refractivity contribution in [1.82, 2.24) is 4.90 Å². The summed E-state index contributed by atoms with van der Waals surface area (Å²) < 4.78 is 0. The fraction of sp³-hybridized carbons (Fsp3) is 0.273. The monoisotopic (exact) mass is 346 g/mol. The lowest BCUT2D eigenvalue weighted by Crippen LogP contribution is -2.40. The zero-order valence-corrected chi connectivity index (χ0v) is 15.1. The van der Waals surface area contributed by atoms with Crippen LogP contribution in [0.25, 0.3) is 6.08 Å². The van der Waals surface area contributed by atoms with E-state index in [2.05, 4.69) is 13.0 Å². The van der Waals surface area contributed by atoms with Crippen LogP contribution in [0.3, 0.4) is 0 Å². The Balaban J connectivity index is 1.66. The van der Waals surface area contributed by atoms with Crippen molar-refractivity contribution in [3.05, 3.63) is 71.4 Å². The van der Waals surface area contributed by atoms with Gasteiger partial charge in [0.2, 0.25) is 11.8 Å². The first-order chi connectivity index (χ1) is 12.6. The molecule has 26 heavy (non-hydrogen) atoms. The van der Waals surface area contributed by atoms with Crippen molar-refractivity contribution in [2.24, 2.45) is 0 Å². The summed E-state index contributed by atoms with van der Waals surface area (Å²) in [6.45, 7) is 3.62. The van der Waals surface area contributed by atoms with Gasteiger partial charge in [-0.3, -0.25) is 9.59 Å². The summed E-state index contributed by atoms with van der Waals surface area (Å²) in [5.41, 5.74) is 4.30. The summed E-state index contributed by atoms with van der Waals surface area (Å²) in [5.74, 6) is 0.00669. The number of amides is 2. The van der Waals surface area contributed by atoms with E-state index in [1.807, 2.05) is 53.4 Å². The van der Waals surface area contributed by atoms with Gasteiger partial charge in [-0.05, 0) is 42.2 Å². The van der Waals surface area contributed by atoms with Gasteiger partial charge in [-0.1, -0.05) is 42.5 Å². The van der Waals surface area contributed by atoms with Crippen LogP contribution in [-0.4, -0.2) is 22.8 Å². The summed E-state index contributed by atoms with van der Waals surface area (Å²) in [6, 6.07) is 15.9. The highest BCUT2D eigenvalue weighted by molar-refractivity contribution is 5.97. The standard InChI is InChI=1S/C22H22N2O2/c1-15-13-18-8-4-6-10-20(18)24(15)22(26)14-21-19-9-5-3-7-17(19)11-12-23(21)16(2)25/h3-12,15,21H,13-14H2,1-2H3. The lowest BCUT2D eigenvalue weighted by molar-refractivity contribution is -0.129. The minimum atomic E-state index is -0.263. The Bertz CT molecular complexity index is 903. The van der Waals surface area contributed by atoms with Crippen LogP contribution in [0.4, 0.5) is 5.69 Å². The van der Waals surface area contributed by atoms with E-state index >= 15 is 0 Å². The van der Waals surface area contributed by atoms with Crippen molar-refractivity contribution >= 4 is 23.6 Å². The largest absolute Gasteiger partial charge is 0.311 e. The molecule has 0 saturated carbocycles. The second-order valence-corrected chi connectivity index (χ2v) is 7.04. The second-order valence-electron chi connectivity index (χ2n) is 7.04. The molecular weight excluding hydrogens is 324 g/mol. The van der Waals surface area contributed by atoms with Crippen molar-refractivity contribution < 1.29 is 9.59 Å². The molecule has 0 bridgehead atoms. The minimum absolute atomic E-state index is 0.0524. The zero-order valence-electron chi connectivity index (χ0n) is 15.1. The molecule has 2 atom stereocenters. The summed E-state index contributed by atoms with van der Waals surface area (Å²) in [7, 11) is 0. The first kappa shape index (κ1) is 16.6. The molecule has 2 heterocycles. The molecule has 0 fully saturated rings. The van der Waals surface area contributed by atoms with Crippen LogP contribution in [0.5, 0.6) is 0 Å². The SMILES string of the molecule is CC(=O)N1C=Cc2ccccc2C1CC(=O)N1c2ccccc2CC1C. The first-order valence-corrected chi connectivity index (χ1v) is 9.02. The number of benzene rings is 2. The molecule has 2 aromatic rings. The molecule has 2 aliphatic heterocycles. The zero-order chi connectivity index (χ0) is 18.3. The maximum Gasteiger partial charge on any atom is 0.229 e. The van der Waals surface area contributed by atoms with Crippen molar-refractivity contribution in [3.8, 4) is 0 Å². The number of para-hydroxylation sites is 1. The van der Waals surface area contributed by atoms with E-state index in [1.54, 1.807) is 18.0 Å². The Labute approximate surface area is 153 Å². The molecule has 2 amide bonds. The molecule has 0 radical (unpaired) electrons. The van der Waals surface area contributed by atoms with Crippen LogP contribution in [0.2, 0.25) is 0 Å². The lowest BCUT2D eigenvalue weighted by atomic mass is 9.93. The van der Waals surface area contributed by atoms with E-state index in [4.69, 9.17) is 0 Å². The molecule has 4 rings (SSSR count). The number of hydrogen-bond acceptors (Lipinski definition) is 2. The van der Waals surface area contributed by atoms with E-state index in [-0.39, 0.29) is 30.3 Å². The van der Waals surface area contributed by atoms with Gasteiger partial charge in [0.1, 0.15) is 0 Å². The Morgan fingerprint density at radius 2 is 1.81 bits per heavy atom. The van der Waals surface area contributed by atoms with Crippen LogP contribution in [0.1, 0.15) is 43.0 Å². The Morgan fingerprint density at radius 3 is 2.62 bits per heavy atom. The molecule has 2 unspecified atom stereocenters. The van der Waals surface area contributed by atoms with Crippen molar-refractivity contribution in [2.75, 3.05) is 4.90 Å². The third kappa shape index (κ3) is 2.71. The van der Waals surface area contributed by atoms with Gasteiger partial charge >= 0.3 is 0 Å². The summed E-state index contributed by atoms with van der Waals surface area (Å²) in [5, 5.41) is 0. The van der Waals surface area contributed by atoms with Crippen LogP contribution < -0.4 is 4.90 Å². The predicted octanol–water partition coefficient (Wildman–Crippen LogP) is 3.93. The van der Waals surface area contributed by atoms with Gasteiger partial charge in [-0.25, -0.2) is 0 Å². The molecule has 4 nitrogen and oxygen atoms in total. The van der Waals surface area contributed by atoms with Gasteiger partial charge in [0.05, 0.1) is 12.5 Å². The van der Waals surface area contributed by atoms with Crippen molar-refractivity contribution in [2.45, 2.75) is 38.8 Å². The van der Waals surface area contributed by atoms with Crippen molar-refractivity contribution in [1.29, 1.82) is 0 Å². The summed E-state index contributed by atoms with van der Waals surface area (Å²) >= 11 is 0. The maximum absolute atomic E-state index is 13.2.